The molecule has 2 aromatic rings. The number of benzene rings is 2. The van der Waals surface area contributed by atoms with Crippen LogP contribution in [0.2, 0.25) is 5.02 Å². The van der Waals surface area contributed by atoms with Crippen LogP contribution in [0.5, 0.6) is 5.75 Å². The minimum atomic E-state index is -0.876. The van der Waals surface area contributed by atoms with Gasteiger partial charge in [-0.25, -0.2) is 0 Å². The van der Waals surface area contributed by atoms with Gasteiger partial charge in [-0.05, 0) is 68.8 Å². The van der Waals surface area contributed by atoms with E-state index in [-0.39, 0.29) is 12.0 Å². The molecule has 1 fully saturated rings. The Morgan fingerprint density at radius 1 is 1.18 bits per heavy atom. The summed E-state index contributed by atoms with van der Waals surface area (Å²) in [4.78, 5) is 2.14. The monoisotopic (exact) mass is 403 g/mol. The minimum absolute atomic E-state index is 0.0820. The van der Waals surface area contributed by atoms with Crippen molar-refractivity contribution in [1.82, 2.24) is 4.90 Å². The summed E-state index contributed by atoms with van der Waals surface area (Å²) in [5, 5.41) is 12.4. The van der Waals surface area contributed by atoms with E-state index >= 15 is 0 Å². The van der Waals surface area contributed by atoms with Crippen LogP contribution < -0.4 is 4.74 Å². The standard InChI is InChI=1S/C23H30ClNO3/c1-25(2)15-19-14-22(28-16-17-7-9-20(24)10-8-17)11-12-23(19,26)18-5-4-6-21(13-18)27-3/h4-10,13,19,22,26H,11-12,14-16H2,1-3H3/t19-,22+,23+/m1/s1. The predicted octanol–water partition coefficient (Wildman–Crippen LogP) is 4.48. The molecule has 0 bridgehead atoms. The van der Waals surface area contributed by atoms with Gasteiger partial charge in [-0.1, -0.05) is 35.9 Å². The van der Waals surface area contributed by atoms with E-state index in [1.54, 1.807) is 7.11 Å². The topological polar surface area (TPSA) is 41.9 Å². The Kier molecular flexibility index (Phi) is 7.00. The molecular formula is C23H30ClNO3. The van der Waals surface area contributed by atoms with Crippen molar-refractivity contribution >= 4 is 11.6 Å². The lowest BCUT2D eigenvalue weighted by Gasteiger charge is -2.44. The van der Waals surface area contributed by atoms with Gasteiger partial charge in [0.1, 0.15) is 5.75 Å². The summed E-state index contributed by atoms with van der Waals surface area (Å²) in [6, 6.07) is 15.6. The van der Waals surface area contributed by atoms with Crippen LogP contribution in [0.25, 0.3) is 0 Å². The Balaban J connectivity index is 1.72. The zero-order chi connectivity index (χ0) is 20.1. The molecule has 2 aromatic carbocycles. The van der Waals surface area contributed by atoms with Crippen LogP contribution >= 0.6 is 11.6 Å². The summed E-state index contributed by atoms with van der Waals surface area (Å²) in [5.74, 6) is 0.856. The van der Waals surface area contributed by atoms with Gasteiger partial charge in [-0.2, -0.15) is 0 Å². The van der Waals surface area contributed by atoms with Crippen LogP contribution in [0.15, 0.2) is 48.5 Å². The van der Waals surface area contributed by atoms with Crippen molar-refractivity contribution in [2.45, 2.75) is 37.6 Å². The third-order valence-electron chi connectivity index (χ3n) is 5.62. The van der Waals surface area contributed by atoms with Crippen molar-refractivity contribution in [3.8, 4) is 5.75 Å². The summed E-state index contributed by atoms with van der Waals surface area (Å²) >= 11 is 5.96. The van der Waals surface area contributed by atoms with Crippen LogP contribution in [0.1, 0.15) is 30.4 Å². The van der Waals surface area contributed by atoms with E-state index in [2.05, 4.69) is 4.90 Å². The molecule has 3 atom stereocenters. The van der Waals surface area contributed by atoms with Gasteiger partial charge in [0.15, 0.2) is 0 Å². The summed E-state index contributed by atoms with van der Waals surface area (Å²) < 4.78 is 11.6. The quantitative estimate of drug-likeness (QED) is 0.739. The van der Waals surface area contributed by atoms with Crippen molar-refractivity contribution < 1.29 is 14.6 Å². The molecule has 0 saturated heterocycles. The molecule has 1 saturated carbocycles. The van der Waals surface area contributed by atoms with Crippen molar-refractivity contribution in [1.29, 1.82) is 0 Å². The molecule has 28 heavy (non-hydrogen) atoms. The summed E-state index contributed by atoms with van der Waals surface area (Å²) in [5.41, 5.74) is 1.16. The fraction of sp³-hybridized carbons (Fsp3) is 0.478. The molecular weight excluding hydrogens is 374 g/mol. The highest BCUT2D eigenvalue weighted by molar-refractivity contribution is 6.30. The maximum atomic E-state index is 11.7. The van der Waals surface area contributed by atoms with E-state index in [0.29, 0.717) is 13.0 Å². The summed E-state index contributed by atoms with van der Waals surface area (Å²) in [6.45, 7) is 1.36. The van der Waals surface area contributed by atoms with E-state index in [0.717, 1.165) is 41.3 Å². The average molecular weight is 404 g/mol. The molecule has 0 radical (unpaired) electrons. The second-order valence-corrected chi connectivity index (χ2v) is 8.39. The molecule has 0 heterocycles. The zero-order valence-corrected chi connectivity index (χ0v) is 17.7. The number of rotatable bonds is 7. The molecule has 4 nitrogen and oxygen atoms in total. The van der Waals surface area contributed by atoms with Gasteiger partial charge in [0.05, 0.1) is 25.4 Å². The van der Waals surface area contributed by atoms with Gasteiger partial charge in [0.2, 0.25) is 0 Å². The van der Waals surface area contributed by atoms with Crippen LogP contribution in [-0.2, 0) is 16.9 Å². The largest absolute Gasteiger partial charge is 0.497 e. The molecule has 1 aliphatic carbocycles. The fourth-order valence-electron chi connectivity index (χ4n) is 4.10. The smallest absolute Gasteiger partial charge is 0.119 e. The van der Waals surface area contributed by atoms with E-state index in [4.69, 9.17) is 21.1 Å². The van der Waals surface area contributed by atoms with E-state index in [1.165, 1.54) is 0 Å². The predicted molar refractivity (Wildman–Crippen MR) is 113 cm³/mol. The third kappa shape index (κ3) is 5.06. The fourth-order valence-corrected chi connectivity index (χ4v) is 4.23. The molecule has 152 valence electrons. The summed E-state index contributed by atoms with van der Waals surface area (Å²) in [6.07, 6.45) is 2.45. The highest BCUT2D eigenvalue weighted by Crippen LogP contribution is 2.43. The molecule has 3 rings (SSSR count). The number of hydrogen-bond acceptors (Lipinski definition) is 4. The SMILES string of the molecule is COc1cccc([C@@]2(O)CC[C@H](OCc3ccc(Cl)cc3)C[C@@H]2CN(C)C)c1. The maximum absolute atomic E-state index is 11.7. The minimum Gasteiger partial charge on any atom is -0.497 e. The van der Waals surface area contributed by atoms with Gasteiger partial charge < -0.3 is 19.5 Å². The van der Waals surface area contributed by atoms with E-state index in [1.807, 2.05) is 62.6 Å². The second kappa shape index (κ2) is 9.27. The number of nitrogens with zero attached hydrogens (tertiary/aromatic N) is 1. The Morgan fingerprint density at radius 2 is 1.93 bits per heavy atom. The first-order valence-corrected chi connectivity index (χ1v) is 10.2. The van der Waals surface area contributed by atoms with Gasteiger partial charge in [0, 0.05) is 17.5 Å². The first kappa shape index (κ1) is 21.1. The highest BCUT2D eigenvalue weighted by atomic mass is 35.5. The van der Waals surface area contributed by atoms with Crippen molar-refractivity contribution in [3.63, 3.8) is 0 Å². The Morgan fingerprint density at radius 3 is 2.61 bits per heavy atom. The van der Waals surface area contributed by atoms with Gasteiger partial charge in [-0.3, -0.25) is 0 Å². The lowest BCUT2D eigenvalue weighted by atomic mass is 9.70. The van der Waals surface area contributed by atoms with Gasteiger partial charge >= 0.3 is 0 Å². The Hall–Kier alpha value is -1.59. The number of halogens is 1. The number of aliphatic hydroxyl groups is 1. The molecule has 0 spiro atoms. The lowest BCUT2D eigenvalue weighted by Crippen LogP contribution is -2.46. The molecule has 1 N–H and O–H groups in total. The average Bonchev–Trinajstić information content (AvgIpc) is 2.69. The maximum Gasteiger partial charge on any atom is 0.119 e. The first-order valence-electron chi connectivity index (χ1n) is 9.78. The number of ether oxygens (including phenoxy) is 2. The van der Waals surface area contributed by atoms with Crippen molar-refractivity contribution in [3.05, 3.63) is 64.7 Å². The van der Waals surface area contributed by atoms with Gasteiger partial charge in [0.25, 0.3) is 0 Å². The zero-order valence-electron chi connectivity index (χ0n) is 16.9. The third-order valence-corrected chi connectivity index (χ3v) is 5.88. The summed E-state index contributed by atoms with van der Waals surface area (Å²) in [7, 11) is 5.75. The van der Waals surface area contributed by atoms with Crippen LogP contribution in [0.4, 0.5) is 0 Å². The van der Waals surface area contributed by atoms with Crippen LogP contribution in [0.3, 0.4) is 0 Å². The second-order valence-electron chi connectivity index (χ2n) is 7.95. The first-order chi connectivity index (χ1) is 13.4. The molecule has 5 heteroatoms. The molecule has 0 unspecified atom stereocenters. The highest BCUT2D eigenvalue weighted by Gasteiger charge is 2.44. The van der Waals surface area contributed by atoms with Gasteiger partial charge in [-0.15, -0.1) is 0 Å². The number of methoxy groups -OCH3 is 1. The molecule has 0 amide bonds. The van der Waals surface area contributed by atoms with Crippen LogP contribution in [0, 0.1) is 5.92 Å². The number of hydrogen-bond donors (Lipinski definition) is 1. The van der Waals surface area contributed by atoms with Crippen LogP contribution in [-0.4, -0.2) is 43.9 Å². The van der Waals surface area contributed by atoms with E-state index < -0.39 is 5.60 Å². The normalized spacial score (nSPS) is 25.1. The molecule has 1 aliphatic rings. The van der Waals surface area contributed by atoms with Crippen molar-refractivity contribution in [2.24, 2.45) is 5.92 Å². The lowest BCUT2D eigenvalue weighted by molar-refractivity contribution is -0.110. The van der Waals surface area contributed by atoms with E-state index in [9.17, 15) is 5.11 Å². The Bertz CT molecular complexity index is 765. The Labute approximate surface area is 173 Å². The molecule has 0 aliphatic heterocycles. The van der Waals surface area contributed by atoms with Crippen molar-refractivity contribution in [2.75, 3.05) is 27.7 Å². The molecule has 0 aromatic heterocycles.